The summed E-state index contributed by atoms with van der Waals surface area (Å²) in [5.74, 6) is -0.361. The molecule has 5 rings (SSSR count). The van der Waals surface area contributed by atoms with Gasteiger partial charge in [-0.25, -0.2) is 9.37 Å². The standard InChI is InChI=1S/C23H15FN4O/c24-20-10-17(16-2-1-15-5-7-25-11-19(15)9-16)3-4-18(20)14-28-22-6-8-26-12-21(22)27-13-23(28)29/h1-13H,14H2. The minimum Gasteiger partial charge on any atom is -0.301 e. The van der Waals surface area contributed by atoms with Crippen molar-refractivity contribution in [2.45, 2.75) is 6.54 Å². The topological polar surface area (TPSA) is 60.7 Å². The normalized spacial score (nSPS) is 11.2. The molecule has 2 aromatic carbocycles. The van der Waals surface area contributed by atoms with Crippen LogP contribution in [0.2, 0.25) is 0 Å². The van der Waals surface area contributed by atoms with Crippen LogP contribution in [0.25, 0.3) is 32.9 Å². The summed E-state index contributed by atoms with van der Waals surface area (Å²) >= 11 is 0. The Morgan fingerprint density at radius 3 is 2.52 bits per heavy atom. The van der Waals surface area contributed by atoms with Crippen LogP contribution in [0.3, 0.4) is 0 Å². The number of hydrogen-bond donors (Lipinski definition) is 0. The van der Waals surface area contributed by atoms with Crippen molar-refractivity contribution < 1.29 is 4.39 Å². The first kappa shape index (κ1) is 17.2. The molecule has 0 saturated heterocycles. The first-order valence-electron chi connectivity index (χ1n) is 9.11. The molecule has 0 aliphatic carbocycles. The second-order valence-electron chi connectivity index (χ2n) is 6.79. The number of rotatable bonds is 3. The summed E-state index contributed by atoms with van der Waals surface area (Å²) in [6.45, 7) is 0.121. The van der Waals surface area contributed by atoms with Crippen LogP contribution in [0.5, 0.6) is 0 Å². The van der Waals surface area contributed by atoms with Crippen molar-refractivity contribution in [2.75, 3.05) is 0 Å². The Balaban J connectivity index is 1.53. The molecule has 3 aromatic heterocycles. The van der Waals surface area contributed by atoms with Crippen LogP contribution in [0.4, 0.5) is 4.39 Å². The Labute approximate surface area is 165 Å². The van der Waals surface area contributed by atoms with Gasteiger partial charge in [0.15, 0.2) is 0 Å². The summed E-state index contributed by atoms with van der Waals surface area (Å²) in [5, 5.41) is 2.08. The second kappa shape index (κ2) is 6.91. The van der Waals surface area contributed by atoms with E-state index < -0.39 is 0 Å². The fourth-order valence-electron chi connectivity index (χ4n) is 3.47. The molecule has 6 heteroatoms. The summed E-state index contributed by atoms with van der Waals surface area (Å²) < 4.78 is 16.4. The number of fused-ring (bicyclic) bond motifs is 2. The highest BCUT2D eigenvalue weighted by Gasteiger charge is 2.10. The van der Waals surface area contributed by atoms with Gasteiger partial charge < -0.3 is 4.57 Å². The van der Waals surface area contributed by atoms with Crippen LogP contribution in [-0.4, -0.2) is 19.5 Å². The molecule has 0 N–H and O–H groups in total. The van der Waals surface area contributed by atoms with E-state index in [-0.39, 0.29) is 17.9 Å². The number of aromatic nitrogens is 4. The van der Waals surface area contributed by atoms with Gasteiger partial charge in [0, 0.05) is 29.5 Å². The van der Waals surface area contributed by atoms with Crippen LogP contribution in [0, 0.1) is 5.82 Å². The smallest absolute Gasteiger partial charge is 0.269 e. The van der Waals surface area contributed by atoms with Gasteiger partial charge in [0.1, 0.15) is 11.3 Å². The van der Waals surface area contributed by atoms with E-state index in [2.05, 4.69) is 15.0 Å². The maximum Gasteiger partial charge on any atom is 0.269 e. The van der Waals surface area contributed by atoms with E-state index in [0.29, 0.717) is 16.6 Å². The zero-order chi connectivity index (χ0) is 19.8. The van der Waals surface area contributed by atoms with Gasteiger partial charge in [-0.1, -0.05) is 24.3 Å². The molecule has 0 saturated carbocycles. The highest BCUT2D eigenvalue weighted by atomic mass is 19.1. The molecule has 5 nitrogen and oxygen atoms in total. The number of halogens is 1. The van der Waals surface area contributed by atoms with Gasteiger partial charge >= 0.3 is 0 Å². The first-order valence-corrected chi connectivity index (χ1v) is 9.11. The first-order chi connectivity index (χ1) is 14.2. The van der Waals surface area contributed by atoms with E-state index in [1.807, 2.05) is 30.3 Å². The quantitative estimate of drug-likeness (QED) is 0.469. The Hall–Kier alpha value is -3.93. The summed E-state index contributed by atoms with van der Waals surface area (Å²) in [6.07, 6.45) is 7.95. The lowest BCUT2D eigenvalue weighted by atomic mass is 10.0. The lowest BCUT2D eigenvalue weighted by Gasteiger charge is -2.11. The third-order valence-corrected chi connectivity index (χ3v) is 5.00. The Morgan fingerprint density at radius 1 is 0.828 bits per heavy atom. The molecule has 0 aliphatic heterocycles. The summed E-state index contributed by atoms with van der Waals surface area (Å²) in [6, 6.07) is 14.7. The second-order valence-corrected chi connectivity index (χ2v) is 6.79. The van der Waals surface area contributed by atoms with Gasteiger partial charge in [-0.05, 0) is 40.8 Å². The molecule has 0 radical (unpaired) electrons. The maximum atomic E-state index is 14.9. The molecule has 0 fully saturated rings. The van der Waals surface area contributed by atoms with Gasteiger partial charge in [0.05, 0.1) is 24.5 Å². The fraction of sp³-hybridized carbons (Fsp3) is 0.0435. The van der Waals surface area contributed by atoms with E-state index in [9.17, 15) is 9.18 Å². The Morgan fingerprint density at radius 2 is 1.62 bits per heavy atom. The molecule has 0 aliphatic rings. The zero-order valence-electron chi connectivity index (χ0n) is 15.3. The molecule has 140 valence electrons. The van der Waals surface area contributed by atoms with Crippen molar-refractivity contribution >= 4 is 21.8 Å². The maximum absolute atomic E-state index is 14.9. The van der Waals surface area contributed by atoms with Crippen molar-refractivity contribution in [1.29, 1.82) is 0 Å². The molecule has 5 aromatic rings. The van der Waals surface area contributed by atoms with Crippen LogP contribution < -0.4 is 5.56 Å². The van der Waals surface area contributed by atoms with Gasteiger partial charge in [0.25, 0.3) is 5.56 Å². The largest absolute Gasteiger partial charge is 0.301 e. The fourth-order valence-corrected chi connectivity index (χ4v) is 3.47. The number of benzene rings is 2. The SMILES string of the molecule is O=c1cnc2cnccc2n1Cc1ccc(-c2ccc3ccncc3c2)cc1F. The summed E-state index contributed by atoms with van der Waals surface area (Å²) in [7, 11) is 0. The van der Waals surface area contributed by atoms with Gasteiger partial charge in [-0.15, -0.1) is 0 Å². The molecule has 3 heterocycles. The average molecular weight is 382 g/mol. The third-order valence-electron chi connectivity index (χ3n) is 5.00. The molecule has 0 atom stereocenters. The minimum atomic E-state index is -0.361. The van der Waals surface area contributed by atoms with Crippen molar-refractivity contribution in [3.63, 3.8) is 0 Å². The monoisotopic (exact) mass is 382 g/mol. The molecule has 0 spiro atoms. The van der Waals surface area contributed by atoms with Crippen molar-refractivity contribution in [3.05, 3.63) is 101 Å². The lowest BCUT2D eigenvalue weighted by molar-refractivity contribution is 0.599. The van der Waals surface area contributed by atoms with E-state index >= 15 is 0 Å². The van der Waals surface area contributed by atoms with E-state index in [0.717, 1.165) is 21.9 Å². The summed E-state index contributed by atoms with van der Waals surface area (Å²) in [5.41, 5.74) is 3.05. The molecule has 0 amide bonds. The zero-order valence-corrected chi connectivity index (χ0v) is 15.3. The number of pyridine rings is 2. The van der Waals surface area contributed by atoms with Crippen LogP contribution >= 0.6 is 0 Å². The number of hydrogen-bond acceptors (Lipinski definition) is 4. The van der Waals surface area contributed by atoms with E-state index in [4.69, 9.17) is 0 Å². The lowest BCUT2D eigenvalue weighted by Crippen LogP contribution is -2.21. The van der Waals surface area contributed by atoms with Gasteiger partial charge in [0.2, 0.25) is 0 Å². The van der Waals surface area contributed by atoms with E-state index in [1.54, 1.807) is 36.9 Å². The molecule has 0 unspecified atom stereocenters. The molecule has 0 bridgehead atoms. The van der Waals surface area contributed by atoms with Gasteiger partial charge in [-0.2, -0.15) is 0 Å². The highest BCUT2D eigenvalue weighted by molar-refractivity contribution is 5.86. The molecular formula is C23H15FN4O. The summed E-state index contributed by atoms with van der Waals surface area (Å²) in [4.78, 5) is 24.6. The van der Waals surface area contributed by atoms with Crippen LogP contribution in [0.1, 0.15) is 5.56 Å². The molecule has 29 heavy (non-hydrogen) atoms. The molecular weight excluding hydrogens is 367 g/mol. The van der Waals surface area contributed by atoms with Crippen molar-refractivity contribution in [3.8, 4) is 11.1 Å². The van der Waals surface area contributed by atoms with Crippen molar-refractivity contribution in [1.82, 2.24) is 19.5 Å². The minimum absolute atomic E-state index is 0.121. The highest BCUT2D eigenvalue weighted by Crippen LogP contribution is 2.26. The van der Waals surface area contributed by atoms with Gasteiger partial charge in [-0.3, -0.25) is 14.8 Å². The van der Waals surface area contributed by atoms with Crippen LogP contribution in [0.15, 0.2) is 84.3 Å². The Kier molecular flexibility index (Phi) is 4.09. The van der Waals surface area contributed by atoms with Crippen LogP contribution in [-0.2, 0) is 6.54 Å². The predicted octanol–water partition coefficient (Wildman–Crippen LogP) is 4.19. The predicted molar refractivity (Wildman–Crippen MR) is 110 cm³/mol. The Bertz CT molecular complexity index is 1430. The van der Waals surface area contributed by atoms with E-state index in [1.165, 1.54) is 16.8 Å². The third kappa shape index (κ3) is 3.14. The average Bonchev–Trinajstić information content (AvgIpc) is 2.76. The van der Waals surface area contributed by atoms with Crippen molar-refractivity contribution in [2.24, 2.45) is 0 Å². The number of nitrogens with zero attached hydrogens (tertiary/aromatic N) is 4.